The highest BCUT2D eigenvalue weighted by Crippen LogP contribution is 2.41. The van der Waals surface area contributed by atoms with E-state index in [4.69, 9.17) is 13.9 Å². The number of phenols is 4. The van der Waals surface area contributed by atoms with Gasteiger partial charge >= 0.3 is 0 Å². The summed E-state index contributed by atoms with van der Waals surface area (Å²) in [6, 6.07) is 4.38. The molecular weight excluding hydrogens is 444 g/mol. The second-order valence-electron chi connectivity index (χ2n) is 7.45. The number of phenolic OH excluding ortho intramolecular Hbond substituents is 4. The van der Waals surface area contributed by atoms with Crippen LogP contribution in [-0.4, -0.2) is 78.2 Å². The average Bonchev–Trinajstić information content (AvgIpc) is 2.78. The summed E-state index contributed by atoms with van der Waals surface area (Å²) < 4.78 is 16.1. The van der Waals surface area contributed by atoms with Gasteiger partial charge in [-0.25, -0.2) is 0 Å². The SMILES string of the molecule is O=c1c(-c2ccc(O)c(O)c2)coc2c(O[C@@H]3O[C@H](CO)[C@@H](O)[C@H](O)[C@H]3O)c(O)cc(O)c12. The Labute approximate surface area is 184 Å². The van der Waals surface area contributed by atoms with Crippen molar-refractivity contribution in [2.75, 3.05) is 6.61 Å². The summed E-state index contributed by atoms with van der Waals surface area (Å²) >= 11 is 0. The number of hydrogen-bond donors (Lipinski definition) is 8. The minimum atomic E-state index is -1.81. The van der Waals surface area contributed by atoms with Crippen molar-refractivity contribution < 1.29 is 54.7 Å². The molecule has 1 aliphatic heterocycles. The fourth-order valence-electron chi connectivity index (χ4n) is 3.54. The van der Waals surface area contributed by atoms with Gasteiger partial charge in [0.05, 0.1) is 12.2 Å². The summed E-state index contributed by atoms with van der Waals surface area (Å²) in [6.45, 7) is -0.717. The maximum atomic E-state index is 13.1. The molecule has 0 unspecified atom stereocenters. The molecule has 0 spiro atoms. The Morgan fingerprint density at radius 1 is 0.879 bits per heavy atom. The van der Waals surface area contributed by atoms with Crippen molar-refractivity contribution in [3.05, 3.63) is 40.8 Å². The smallest absolute Gasteiger partial charge is 0.229 e. The van der Waals surface area contributed by atoms with Crippen LogP contribution in [0.25, 0.3) is 22.1 Å². The van der Waals surface area contributed by atoms with E-state index in [-0.39, 0.29) is 11.1 Å². The van der Waals surface area contributed by atoms with Crippen LogP contribution in [0.2, 0.25) is 0 Å². The van der Waals surface area contributed by atoms with Crippen LogP contribution < -0.4 is 10.2 Å². The van der Waals surface area contributed by atoms with Gasteiger partial charge in [0.25, 0.3) is 0 Å². The zero-order valence-electron chi connectivity index (χ0n) is 16.7. The van der Waals surface area contributed by atoms with Crippen LogP contribution in [0.4, 0.5) is 0 Å². The molecule has 12 heteroatoms. The molecule has 2 heterocycles. The van der Waals surface area contributed by atoms with Crippen LogP contribution in [0.3, 0.4) is 0 Å². The van der Waals surface area contributed by atoms with Crippen molar-refractivity contribution in [1.29, 1.82) is 0 Å². The summed E-state index contributed by atoms with van der Waals surface area (Å²) in [7, 11) is 0. The lowest BCUT2D eigenvalue weighted by Gasteiger charge is -2.39. The largest absolute Gasteiger partial charge is 0.507 e. The molecule has 0 bridgehead atoms. The normalized spacial score (nSPS) is 25.3. The van der Waals surface area contributed by atoms with E-state index >= 15 is 0 Å². The van der Waals surface area contributed by atoms with E-state index in [1.807, 2.05) is 0 Å². The van der Waals surface area contributed by atoms with Gasteiger partial charge in [0.2, 0.25) is 17.5 Å². The Bertz CT molecular complexity index is 1250. The first-order valence-electron chi connectivity index (χ1n) is 9.64. The van der Waals surface area contributed by atoms with Gasteiger partial charge in [-0.1, -0.05) is 6.07 Å². The molecule has 1 aromatic heterocycles. The predicted octanol–water partition coefficient (Wildman–Crippen LogP) is -0.539. The van der Waals surface area contributed by atoms with Crippen molar-refractivity contribution in [3.63, 3.8) is 0 Å². The lowest BCUT2D eigenvalue weighted by molar-refractivity contribution is -0.277. The Hall–Kier alpha value is -3.55. The molecule has 1 fully saturated rings. The van der Waals surface area contributed by atoms with E-state index in [0.29, 0.717) is 0 Å². The lowest BCUT2D eigenvalue weighted by Crippen LogP contribution is -2.60. The second kappa shape index (κ2) is 8.42. The highest BCUT2D eigenvalue weighted by molar-refractivity contribution is 5.93. The van der Waals surface area contributed by atoms with Crippen molar-refractivity contribution in [1.82, 2.24) is 0 Å². The third-order valence-electron chi connectivity index (χ3n) is 5.33. The van der Waals surface area contributed by atoms with E-state index in [0.717, 1.165) is 24.5 Å². The van der Waals surface area contributed by atoms with Crippen molar-refractivity contribution >= 4 is 11.0 Å². The minimum absolute atomic E-state index is 0.0995. The number of hydrogen-bond acceptors (Lipinski definition) is 12. The zero-order valence-corrected chi connectivity index (χ0v) is 16.7. The van der Waals surface area contributed by atoms with Gasteiger partial charge in [0.1, 0.15) is 41.8 Å². The molecule has 176 valence electrons. The summed E-state index contributed by atoms with van der Waals surface area (Å²) in [4.78, 5) is 13.1. The maximum absolute atomic E-state index is 13.1. The molecule has 12 nitrogen and oxygen atoms in total. The lowest BCUT2D eigenvalue weighted by atomic mass is 9.99. The number of fused-ring (bicyclic) bond motifs is 1. The monoisotopic (exact) mass is 464 g/mol. The first-order valence-corrected chi connectivity index (χ1v) is 9.64. The standard InChI is InChI=1S/C21H20O12/c22-5-13-16(28)17(29)18(30)21(32-13)33-19-12(26)4-11(25)14-15(27)8(6-31-20(14)19)7-1-2-9(23)10(24)3-7/h1-4,6,13,16-18,21-26,28-30H,5H2/t13-,16-,17+,18-,21+/m1/s1. The van der Waals surface area contributed by atoms with Gasteiger partial charge in [-0.15, -0.1) is 0 Å². The number of benzene rings is 2. The van der Waals surface area contributed by atoms with Gasteiger partial charge in [-0.3, -0.25) is 4.79 Å². The Kier molecular flexibility index (Phi) is 5.78. The molecule has 0 radical (unpaired) electrons. The molecular formula is C21H20O12. The molecule has 0 saturated carbocycles. The fourth-order valence-corrected chi connectivity index (χ4v) is 3.54. The number of aliphatic hydroxyl groups excluding tert-OH is 4. The minimum Gasteiger partial charge on any atom is -0.507 e. The van der Waals surface area contributed by atoms with Gasteiger partial charge in [0.15, 0.2) is 22.8 Å². The summed E-state index contributed by atoms with van der Waals surface area (Å²) in [6.07, 6.45) is -7.23. The third kappa shape index (κ3) is 3.79. The number of ether oxygens (including phenoxy) is 2. The quantitative estimate of drug-likeness (QED) is 0.229. The van der Waals surface area contributed by atoms with Crippen LogP contribution in [-0.2, 0) is 4.74 Å². The van der Waals surface area contributed by atoms with Crippen LogP contribution in [0.1, 0.15) is 0 Å². The number of aliphatic hydroxyl groups is 4. The molecule has 1 saturated heterocycles. The third-order valence-corrected chi connectivity index (χ3v) is 5.33. The predicted molar refractivity (Wildman–Crippen MR) is 109 cm³/mol. The molecule has 0 aliphatic carbocycles. The van der Waals surface area contributed by atoms with Gasteiger partial charge in [0, 0.05) is 6.07 Å². The van der Waals surface area contributed by atoms with E-state index in [9.17, 15) is 45.6 Å². The maximum Gasteiger partial charge on any atom is 0.229 e. The number of rotatable bonds is 4. The summed E-state index contributed by atoms with van der Waals surface area (Å²) in [5.41, 5.74) is -1.15. The zero-order chi connectivity index (χ0) is 24.0. The fraction of sp³-hybridized carbons (Fsp3) is 0.286. The molecule has 8 N–H and O–H groups in total. The highest BCUT2D eigenvalue weighted by atomic mass is 16.7. The average molecular weight is 464 g/mol. The van der Waals surface area contributed by atoms with E-state index in [1.54, 1.807) is 0 Å². The van der Waals surface area contributed by atoms with E-state index < -0.39 is 82.5 Å². The molecule has 2 aromatic carbocycles. The van der Waals surface area contributed by atoms with Crippen LogP contribution >= 0.6 is 0 Å². The molecule has 1 aliphatic rings. The van der Waals surface area contributed by atoms with Crippen LogP contribution in [0.15, 0.2) is 39.7 Å². The first-order chi connectivity index (χ1) is 15.6. The van der Waals surface area contributed by atoms with Gasteiger partial charge in [-0.05, 0) is 17.7 Å². The van der Waals surface area contributed by atoms with Gasteiger partial charge in [-0.2, -0.15) is 0 Å². The van der Waals surface area contributed by atoms with Gasteiger partial charge < -0.3 is 54.7 Å². The van der Waals surface area contributed by atoms with Crippen LogP contribution in [0, 0.1) is 0 Å². The Balaban J connectivity index is 1.81. The summed E-state index contributed by atoms with van der Waals surface area (Å²) in [5, 5.41) is 78.7. The number of aromatic hydroxyl groups is 4. The Morgan fingerprint density at radius 2 is 1.61 bits per heavy atom. The molecule has 4 rings (SSSR count). The molecule has 3 aromatic rings. The Morgan fingerprint density at radius 3 is 2.27 bits per heavy atom. The van der Waals surface area contributed by atoms with Crippen molar-refractivity contribution in [3.8, 4) is 39.9 Å². The first kappa shape index (κ1) is 22.6. The second-order valence-corrected chi connectivity index (χ2v) is 7.45. The summed E-state index contributed by atoms with van der Waals surface area (Å²) in [5.74, 6) is -2.79. The highest BCUT2D eigenvalue weighted by Gasteiger charge is 2.45. The molecule has 0 amide bonds. The van der Waals surface area contributed by atoms with Crippen molar-refractivity contribution in [2.45, 2.75) is 30.7 Å². The molecule has 5 atom stereocenters. The topological polar surface area (TPSA) is 211 Å². The van der Waals surface area contributed by atoms with E-state index in [2.05, 4.69) is 0 Å². The van der Waals surface area contributed by atoms with Crippen molar-refractivity contribution in [2.24, 2.45) is 0 Å². The molecule has 33 heavy (non-hydrogen) atoms. The van der Waals surface area contributed by atoms with Crippen LogP contribution in [0.5, 0.6) is 28.7 Å². The van der Waals surface area contributed by atoms with E-state index in [1.165, 1.54) is 6.07 Å².